The third-order valence-electron chi connectivity index (χ3n) is 1.11. The topological polar surface area (TPSA) is 62.7 Å². The van der Waals surface area contributed by atoms with Crippen molar-refractivity contribution in [1.82, 2.24) is 0 Å². The molecule has 0 saturated heterocycles. The van der Waals surface area contributed by atoms with Crippen LogP contribution in [0.2, 0.25) is 0 Å². The fourth-order valence-corrected chi connectivity index (χ4v) is 0.567. The molecule has 0 aliphatic heterocycles. The van der Waals surface area contributed by atoms with Crippen molar-refractivity contribution in [1.29, 1.82) is 0 Å². The maximum absolute atomic E-state index is 10.5. The summed E-state index contributed by atoms with van der Waals surface area (Å²) < 4.78 is 4.59. The first kappa shape index (κ1) is 10.6. The second-order valence-corrected chi connectivity index (χ2v) is 2.13. The van der Waals surface area contributed by atoms with Crippen molar-refractivity contribution in [3.05, 3.63) is 17.7 Å². The van der Waals surface area contributed by atoms with Gasteiger partial charge in [-0.3, -0.25) is 0 Å². The van der Waals surface area contributed by atoms with E-state index >= 15 is 0 Å². The lowest BCUT2D eigenvalue weighted by Gasteiger charge is -1.91. The molecule has 0 radical (unpaired) electrons. The van der Waals surface area contributed by atoms with E-state index in [1.165, 1.54) is 0 Å². The van der Waals surface area contributed by atoms with E-state index in [-0.39, 0.29) is 6.61 Å². The molecule has 0 aliphatic carbocycles. The van der Waals surface area contributed by atoms with Crippen molar-refractivity contribution in [2.24, 2.45) is 0 Å². The number of ether oxygens (including phenoxy) is 1. The lowest BCUT2D eigenvalue weighted by molar-refractivity contribution is -0.137. The normalized spacial score (nSPS) is 9.42. The molecule has 12 heavy (non-hydrogen) atoms. The monoisotopic (exact) mass is 168 g/mol. The molecule has 0 unspecified atom stereocenters. The SMILES string of the molecule is CCC/C=C/COC(=O)C=[N+]=[N-]. The number of allylic oxidation sites excluding steroid dienone is 1. The Bertz CT molecular complexity index is 205. The molecular weight excluding hydrogens is 156 g/mol. The second kappa shape index (κ2) is 7.69. The Kier molecular flexibility index (Phi) is 6.79. The minimum Gasteiger partial charge on any atom is -0.453 e. The van der Waals surface area contributed by atoms with Crippen molar-refractivity contribution >= 4 is 12.2 Å². The van der Waals surface area contributed by atoms with Gasteiger partial charge in [0.05, 0.1) is 0 Å². The van der Waals surface area contributed by atoms with Crippen LogP contribution >= 0.6 is 0 Å². The predicted octanol–water partition coefficient (Wildman–Crippen LogP) is 1.19. The van der Waals surface area contributed by atoms with Gasteiger partial charge in [-0.05, 0) is 6.42 Å². The van der Waals surface area contributed by atoms with E-state index in [4.69, 9.17) is 5.53 Å². The van der Waals surface area contributed by atoms with Gasteiger partial charge in [0, 0.05) is 0 Å². The van der Waals surface area contributed by atoms with Gasteiger partial charge in [0.25, 0.3) is 0 Å². The van der Waals surface area contributed by atoms with Crippen LogP contribution in [0.25, 0.3) is 5.53 Å². The zero-order chi connectivity index (χ0) is 9.23. The maximum Gasteiger partial charge on any atom is 0.413 e. The Hall–Kier alpha value is -1.41. The molecule has 4 heteroatoms. The highest BCUT2D eigenvalue weighted by molar-refractivity contribution is 6.20. The molecule has 4 nitrogen and oxygen atoms in total. The van der Waals surface area contributed by atoms with Gasteiger partial charge in [-0.25, -0.2) is 4.79 Å². The number of nitrogens with zero attached hydrogens (tertiary/aromatic N) is 2. The lowest BCUT2D eigenvalue weighted by Crippen LogP contribution is -2.05. The van der Waals surface area contributed by atoms with Gasteiger partial charge in [0.2, 0.25) is 0 Å². The van der Waals surface area contributed by atoms with Crippen LogP contribution in [0.4, 0.5) is 0 Å². The first-order valence-electron chi connectivity index (χ1n) is 3.80. The van der Waals surface area contributed by atoms with E-state index in [9.17, 15) is 4.79 Å². The summed E-state index contributed by atoms with van der Waals surface area (Å²) in [4.78, 5) is 13.0. The molecule has 0 bridgehead atoms. The van der Waals surface area contributed by atoms with Gasteiger partial charge in [-0.2, -0.15) is 4.79 Å². The first-order valence-corrected chi connectivity index (χ1v) is 3.80. The fraction of sp³-hybridized carbons (Fsp3) is 0.500. The predicted molar refractivity (Wildman–Crippen MR) is 44.7 cm³/mol. The molecule has 0 aromatic heterocycles. The second-order valence-electron chi connectivity index (χ2n) is 2.13. The van der Waals surface area contributed by atoms with Gasteiger partial charge in [-0.15, -0.1) is 0 Å². The highest BCUT2D eigenvalue weighted by Crippen LogP contribution is 1.88. The molecule has 0 atom stereocenters. The molecule has 0 spiro atoms. The molecule has 0 rings (SSSR count). The Balaban J connectivity index is 3.42. The molecule has 0 saturated carbocycles. The van der Waals surface area contributed by atoms with Crippen LogP contribution in [0.3, 0.4) is 0 Å². The molecule has 0 heterocycles. The van der Waals surface area contributed by atoms with E-state index in [1.54, 1.807) is 6.08 Å². The van der Waals surface area contributed by atoms with Crippen LogP contribution in [-0.4, -0.2) is 23.6 Å². The molecule has 0 aromatic carbocycles. The van der Waals surface area contributed by atoms with Crippen molar-refractivity contribution in [2.75, 3.05) is 6.61 Å². The van der Waals surface area contributed by atoms with Gasteiger partial charge in [0.15, 0.2) is 0 Å². The summed E-state index contributed by atoms with van der Waals surface area (Å²) in [5.74, 6) is -0.640. The van der Waals surface area contributed by atoms with E-state index in [1.807, 2.05) is 6.08 Å². The maximum atomic E-state index is 10.5. The van der Waals surface area contributed by atoms with E-state index < -0.39 is 5.97 Å². The molecular formula is C8H12N2O2. The van der Waals surface area contributed by atoms with Crippen LogP contribution in [0.5, 0.6) is 0 Å². The van der Waals surface area contributed by atoms with Crippen LogP contribution in [-0.2, 0) is 9.53 Å². The number of carbonyl (C=O) groups excluding carboxylic acids is 1. The highest BCUT2D eigenvalue weighted by atomic mass is 16.5. The Morgan fingerprint density at radius 3 is 2.92 bits per heavy atom. The molecule has 0 fully saturated rings. The Labute approximate surface area is 71.5 Å². The lowest BCUT2D eigenvalue weighted by atomic mass is 10.3. The van der Waals surface area contributed by atoms with E-state index in [2.05, 4.69) is 16.5 Å². The van der Waals surface area contributed by atoms with Gasteiger partial charge >= 0.3 is 12.2 Å². The number of carbonyl (C=O) groups is 1. The fourth-order valence-electron chi connectivity index (χ4n) is 0.567. The highest BCUT2D eigenvalue weighted by Gasteiger charge is 1.99. The third kappa shape index (κ3) is 6.71. The van der Waals surface area contributed by atoms with Crippen LogP contribution in [0, 0.1) is 0 Å². The van der Waals surface area contributed by atoms with Gasteiger partial charge < -0.3 is 10.3 Å². The Morgan fingerprint density at radius 1 is 1.58 bits per heavy atom. The molecule has 0 N–H and O–H groups in total. The Morgan fingerprint density at radius 2 is 2.33 bits per heavy atom. The van der Waals surface area contributed by atoms with E-state index in [0.717, 1.165) is 12.8 Å². The molecule has 66 valence electrons. The van der Waals surface area contributed by atoms with Crippen molar-refractivity contribution in [3.8, 4) is 0 Å². The van der Waals surface area contributed by atoms with Crippen molar-refractivity contribution in [2.45, 2.75) is 19.8 Å². The number of hydrogen-bond acceptors (Lipinski definition) is 2. The zero-order valence-electron chi connectivity index (χ0n) is 7.06. The summed E-state index contributed by atoms with van der Waals surface area (Å²) in [6, 6.07) is 0. The summed E-state index contributed by atoms with van der Waals surface area (Å²) in [5.41, 5.74) is 7.93. The summed E-state index contributed by atoms with van der Waals surface area (Å²) in [6.07, 6.45) is 6.46. The quantitative estimate of drug-likeness (QED) is 0.203. The number of hydrogen-bond donors (Lipinski definition) is 0. The third-order valence-corrected chi connectivity index (χ3v) is 1.11. The van der Waals surface area contributed by atoms with Crippen LogP contribution in [0.15, 0.2) is 12.2 Å². The summed E-state index contributed by atoms with van der Waals surface area (Å²) in [5, 5.41) is 0. The standard InChI is InChI=1S/C8H12N2O2/c1-2-3-4-5-6-12-8(11)7-10-9/h4-5,7H,2-3,6H2,1H3/b5-4+. The van der Waals surface area contributed by atoms with Crippen molar-refractivity contribution in [3.63, 3.8) is 0 Å². The summed E-state index contributed by atoms with van der Waals surface area (Å²) in [6.45, 7) is 2.29. The van der Waals surface area contributed by atoms with Crippen LogP contribution in [0.1, 0.15) is 19.8 Å². The molecule has 0 amide bonds. The van der Waals surface area contributed by atoms with Crippen molar-refractivity contribution < 1.29 is 14.3 Å². The summed E-state index contributed by atoms with van der Waals surface area (Å²) in [7, 11) is 0. The first-order chi connectivity index (χ1) is 5.81. The minimum atomic E-state index is -0.640. The smallest absolute Gasteiger partial charge is 0.413 e. The largest absolute Gasteiger partial charge is 0.453 e. The number of rotatable bonds is 5. The van der Waals surface area contributed by atoms with E-state index in [0.29, 0.717) is 6.21 Å². The number of esters is 1. The van der Waals surface area contributed by atoms with Gasteiger partial charge in [-0.1, -0.05) is 25.5 Å². The van der Waals surface area contributed by atoms with Gasteiger partial charge in [0.1, 0.15) is 6.61 Å². The summed E-state index contributed by atoms with van der Waals surface area (Å²) >= 11 is 0. The van der Waals surface area contributed by atoms with Crippen LogP contribution < -0.4 is 0 Å². The minimum absolute atomic E-state index is 0.227. The molecule has 0 aromatic rings. The number of unbranched alkanes of at least 4 members (excludes halogenated alkanes) is 1. The average Bonchev–Trinajstić information content (AvgIpc) is 2.05. The average molecular weight is 168 g/mol. The molecule has 0 aliphatic rings. The zero-order valence-corrected chi connectivity index (χ0v) is 7.06.